The standard InChI is InChI=1S/C15H24N2O4S/c1-2-8-16-22(18,19)17-9-4-3-5-13-6-7-14-15(12-13)21-11-10-20-14/h6-7,12,16-17H,2-5,8-11H2,1H3. The third kappa shape index (κ3) is 5.47. The Hall–Kier alpha value is -1.31. The van der Waals surface area contributed by atoms with Crippen molar-refractivity contribution in [2.75, 3.05) is 26.3 Å². The third-order valence-corrected chi connectivity index (χ3v) is 4.50. The second-order valence-electron chi connectivity index (χ2n) is 5.23. The normalized spacial score (nSPS) is 14.0. The summed E-state index contributed by atoms with van der Waals surface area (Å²) in [6, 6.07) is 5.96. The van der Waals surface area contributed by atoms with E-state index in [0.717, 1.165) is 37.2 Å². The lowest BCUT2D eigenvalue weighted by Crippen LogP contribution is -2.37. The van der Waals surface area contributed by atoms with Crippen molar-refractivity contribution in [2.24, 2.45) is 0 Å². The van der Waals surface area contributed by atoms with E-state index < -0.39 is 10.2 Å². The van der Waals surface area contributed by atoms with E-state index in [1.165, 1.54) is 5.56 Å². The summed E-state index contributed by atoms with van der Waals surface area (Å²) in [7, 11) is -3.34. The van der Waals surface area contributed by atoms with Crippen LogP contribution >= 0.6 is 0 Å². The van der Waals surface area contributed by atoms with Crippen molar-refractivity contribution in [1.82, 2.24) is 9.44 Å². The van der Waals surface area contributed by atoms with Crippen LogP contribution in [0.4, 0.5) is 0 Å². The Morgan fingerprint density at radius 2 is 1.77 bits per heavy atom. The summed E-state index contributed by atoms with van der Waals surface area (Å²) in [6.07, 6.45) is 3.38. The quantitative estimate of drug-likeness (QED) is 0.675. The highest BCUT2D eigenvalue weighted by Gasteiger charge is 2.11. The molecule has 0 unspecified atom stereocenters. The Bertz CT molecular complexity index is 575. The van der Waals surface area contributed by atoms with Crippen molar-refractivity contribution in [3.8, 4) is 11.5 Å². The fraction of sp³-hybridized carbons (Fsp3) is 0.600. The molecule has 0 aliphatic carbocycles. The molecule has 1 aliphatic rings. The van der Waals surface area contributed by atoms with Crippen LogP contribution in [-0.4, -0.2) is 34.7 Å². The second-order valence-corrected chi connectivity index (χ2v) is 6.81. The van der Waals surface area contributed by atoms with Crippen LogP contribution in [0.5, 0.6) is 11.5 Å². The molecule has 2 rings (SSSR count). The maximum Gasteiger partial charge on any atom is 0.276 e. The maximum absolute atomic E-state index is 11.5. The molecule has 0 fully saturated rings. The monoisotopic (exact) mass is 328 g/mol. The maximum atomic E-state index is 11.5. The Balaban J connectivity index is 1.69. The van der Waals surface area contributed by atoms with Gasteiger partial charge >= 0.3 is 0 Å². The first-order chi connectivity index (χ1) is 10.6. The minimum absolute atomic E-state index is 0.448. The minimum atomic E-state index is -3.34. The van der Waals surface area contributed by atoms with Crippen molar-refractivity contribution >= 4 is 10.2 Å². The lowest BCUT2D eigenvalue weighted by atomic mass is 10.1. The summed E-state index contributed by atoms with van der Waals surface area (Å²) in [6.45, 7) is 4.02. The van der Waals surface area contributed by atoms with Crippen molar-refractivity contribution in [1.29, 1.82) is 0 Å². The van der Waals surface area contributed by atoms with E-state index in [2.05, 4.69) is 9.44 Å². The Kier molecular flexibility index (Phi) is 6.48. The Morgan fingerprint density at radius 1 is 1.05 bits per heavy atom. The molecule has 0 spiro atoms. The van der Waals surface area contributed by atoms with Gasteiger partial charge in [-0.3, -0.25) is 0 Å². The minimum Gasteiger partial charge on any atom is -0.486 e. The highest BCUT2D eigenvalue weighted by Crippen LogP contribution is 2.31. The van der Waals surface area contributed by atoms with E-state index in [-0.39, 0.29) is 0 Å². The van der Waals surface area contributed by atoms with Gasteiger partial charge in [0.2, 0.25) is 0 Å². The molecular formula is C15H24N2O4S. The summed E-state index contributed by atoms with van der Waals surface area (Å²) < 4.78 is 39.1. The van der Waals surface area contributed by atoms with Crippen LogP contribution in [0.1, 0.15) is 31.7 Å². The van der Waals surface area contributed by atoms with E-state index in [4.69, 9.17) is 9.47 Å². The zero-order valence-corrected chi connectivity index (χ0v) is 13.7. The third-order valence-electron chi connectivity index (χ3n) is 3.33. The largest absolute Gasteiger partial charge is 0.486 e. The first-order valence-electron chi connectivity index (χ1n) is 7.73. The topological polar surface area (TPSA) is 76.7 Å². The number of ether oxygens (including phenoxy) is 2. The molecular weight excluding hydrogens is 304 g/mol. The van der Waals surface area contributed by atoms with Crippen LogP contribution in [0.3, 0.4) is 0 Å². The summed E-state index contributed by atoms with van der Waals surface area (Å²) in [5.41, 5.74) is 1.18. The van der Waals surface area contributed by atoms with Crippen LogP contribution in [0.15, 0.2) is 18.2 Å². The molecule has 1 aromatic carbocycles. The fourth-order valence-electron chi connectivity index (χ4n) is 2.19. The van der Waals surface area contributed by atoms with E-state index in [1.54, 1.807) is 0 Å². The molecule has 0 aromatic heterocycles. The molecule has 1 heterocycles. The highest BCUT2D eigenvalue weighted by molar-refractivity contribution is 7.87. The number of hydrogen-bond acceptors (Lipinski definition) is 4. The lowest BCUT2D eigenvalue weighted by Gasteiger charge is -2.18. The average Bonchev–Trinajstić information content (AvgIpc) is 2.52. The molecule has 0 radical (unpaired) electrons. The number of benzene rings is 1. The van der Waals surface area contributed by atoms with Gasteiger partial charge in [-0.25, -0.2) is 9.44 Å². The molecule has 0 bridgehead atoms. The summed E-state index contributed by atoms with van der Waals surface area (Å²) in [5, 5.41) is 0. The van der Waals surface area contributed by atoms with Gasteiger partial charge in [0.15, 0.2) is 11.5 Å². The zero-order chi connectivity index (χ0) is 15.8. The Labute approximate surface area is 132 Å². The number of hydrogen-bond donors (Lipinski definition) is 2. The Morgan fingerprint density at radius 3 is 2.55 bits per heavy atom. The van der Waals surface area contributed by atoms with E-state index in [1.807, 2.05) is 25.1 Å². The van der Waals surface area contributed by atoms with Gasteiger partial charge < -0.3 is 9.47 Å². The van der Waals surface area contributed by atoms with E-state index >= 15 is 0 Å². The average molecular weight is 328 g/mol. The highest BCUT2D eigenvalue weighted by atomic mass is 32.2. The van der Waals surface area contributed by atoms with Gasteiger partial charge in [-0.1, -0.05) is 13.0 Å². The number of rotatable bonds is 9. The molecule has 1 aliphatic heterocycles. The molecule has 0 saturated carbocycles. The molecule has 124 valence electrons. The van der Waals surface area contributed by atoms with Crippen molar-refractivity contribution in [2.45, 2.75) is 32.6 Å². The first kappa shape index (κ1) is 17.1. The molecule has 0 atom stereocenters. The van der Waals surface area contributed by atoms with Gasteiger partial charge in [0.1, 0.15) is 13.2 Å². The van der Waals surface area contributed by atoms with Crippen molar-refractivity contribution < 1.29 is 17.9 Å². The molecule has 22 heavy (non-hydrogen) atoms. The number of fused-ring (bicyclic) bond motifs is 1. The van der Waals surface area contributed by atoms with E-state index in [9.17, 15) is 8.42 Å². The van der Waals surface area contributed by atoms with Crippen LogP contribution in [-0.2, 0) is 16.6 Å². The van der Waals surface area contributed by atoms with Gasteiger partial charge in [0, 0.05) is 13.1 Å². The van der Waals surface area contributed by atoms with Crippen molar-refractivity contribution in [3.63, 3.8) is 0 Å². The molecule has 1 aromatic rings. The molecule has 6 nitrogen and oxygen atoms in total. The van der Waals surface area contributed by atoms with Gasteiger partial charge in [-0.15, -0.1) is 0 Å². The van der Waals surface area contributed by atoms with Gasteiger partial charge in [-0.05, 0) is 43.4 Å². The van der Waals surface area contributed by atoms with Crippen molar-refractivity contribution in [3.05, 3.63) is 23.8 Å². The van der Waals surface area contributed by atoms with Gasteiger partial charge in [0.05, 0.1) is 0 Å². The summed E-state index contributed by atoms with van der Waals surface area (Å²) in [4.78, 5) is 0. The van der Waals surface area contributed by atoms with Gasteiger partial charge in [-0.2, -0.15) is 8.42 Å². The predicted molar refractivity (Wildman–Crippen MR) is 85.6 cm³/mol. The SMILES string of the molecule is CCCNS(=O)(=O)NCCCCc1ccc2c(c1)OCCO2. The molecule has 2 N–H and O–H groups in total. The summed E-state index contributed by atoms with van der Waals surface area (Å²) in [5.74, 6) is 1.60. The first-order valence-corrected chi connectivity index (χ1v) is 9.22. The zero-order valence-electron chi connectivity index (χ0n) is 12.9. The summed E-state index contributed by atoms with van der Waals surface area (Å²) >= 11 is 0. The van der Waals surface area contributed by atoms with Crippen LogP contribution in [0.25, 0.3) is 0 Å². The molecule has 0 saturated heterocycles. The van der Waals surface area contributed by atoms with Crippen LogP contribution < -0.4 is 18.9 Å². The van der Waals surface area contributed by atoms with Gasteiger partial charge in [0.25, 0.3) is 10.2 Å². The predicted octanol–water partition coefficient (Wildman–Crippen LogP) is 1.61. The van der Waals surface area contributed by atoms with Crippen LogP contribution in [0.2, 0.25) is 0 Å². The lowest BCUT2D eigenvalue weighted by molar-refractivity contribution is 0.171. The number of aryl methyl sites for hydroxylation is 1. The van der Waals surface area contributed by atoms with Crippen LogP contribution in [0, 0.1) is 0 Å². The molecule has 0 amide bonds. The number of unbranched alkanes of at least 4 members (excludes halogenated alkanes) is 1. The fourth-order valence-corrected chi connectivity index (χ4v) is 3.18. The van der Waals surface area contributed by atoms with E-state index in [0.29, 0.717) is 26.3 Å². The molecule has 7 heteroatoms. The number of nitrogens with one attached hydrogen (secondary N) is 2. The second kappa shape index (κ2) is 8.36. The smallest absolute Gasteiger partial charge is 0.276 e.